The van der Waals surface area contributed by atoms with Gasteiger partial charge in [0, 0.05) is 11.6 Å². The predicted octanol–water partition coefficient (Wildman–Crippen LogP) is 3.50. The lowest BCUT2D eigenvalue weighted by molar-refractivity contribution is 0.0742. The molecule has 0 aliphatic carbocycles. The number of amides is 2. The number of benzene rings is 1. The summed E-state index contributed by atoms with van der Waals surface area (Å²) in [7, 11) is 0. The first-order valence-corrected chi connectivity index (χ1v) is 8.44. The van der Waals surface area contributed by atoms with Crippen molar-refractivity contribution in [1.82, 2.24) is 15.6 Å². The van der Waals surface area contributed by atoms with Crippen LogP contribution in [0, 0.1) is 0 Å². The van der Waals surface area contributed by atoms with Gasteiger partial charge in [-0.25, -0.2) is 9.78 Å². The van der Waals surface area contributed by atoms with Crippen molar-refractivity contribution in [2.24, 2.45) is 0 Å². The third kappa shape index (κ3) is 6.00. The van der Waals surface area contributed by atoms with Crippen LogP contribution in [0.4, 0.5) is 4.79 Å². The van der Waals surface area contributed by atoms with Crippen molar-refractivity contribution in [2.45, 2.75) is 39.0 Å². The van der Waals surface area contributed by atoms with Gasteiger partial charge in [-0.2, -0.15) is 0 Å². The molecular weight excluding hydrogens is 310 g/mol. The van der Waals surface area contributed by atoms with Gasteiger partial charge in [0.05, 0.1) is 24.8 Å². The van der Waals surface area contributed by atoms with Crippen LogP contribution in [0.15, 0.2) is 41.9 Å². The number of hydrogen-bond donors (Lipinski definition) is 2. The molecule has 0 saturated carbocycles. The van der Waals surface area contributed by atoms with Gasteiger partial charge >= 0.3 is 6.03 Å². The average molecular weight is 333 g/mol. The number of hydrogen-bond acceptors (Lipinski definition) is 4. The molecule has 5 nitrogen and oxygen atoms in total. The van der Waals surface area contributed by atoms with Crippen LogP contribution in [0.2, 0.25) is 0 Å². The summed E-state index contributed by atoms with van der Waals surface area (Å²) in [4.78, 5) is 16.3. The molecule has 2 rings (SSSR count). The zero-order valence-electron chi connectivity index (χ0n) is 13.7. The SMILES string of the molecule is C[C@H](NC(=O)NC(C)(C)COCc1ccccc1)c1nccs1. The molecule has 0 bridgehead atoms. The second kappa shape index (κ2) is 8.08. The van der Waals surface area contributed by atoms with Crippen molar-refractivity contribution < 1.29 is 9.53 Å². The Bertz CT molecular complexity index is 600. The van der Waals surface area contributed by atoms with E-state index in [1.807, 2.05) is 56.5 Å². The van der Waals surface area contributed by atoms with Gasteiger partial charge in [-0.1, -0.05) is 30.3 Å². The van der Waals surface area contributed by atoms with Crippen molar-refractivity contribution >= 4 is 17.4 Å². The highest BCUT2D eigenvalue weighted by Gasteiger charge is 2.22. The van der Waals surface area contributed by atoms with E-state index in [1.165, 1.54) is 11.3 Å². The molecule has 0 aliphatic rings. The lowest BCUT2D eigenvalue weighted by Crippen LogP contribution is -2.51. The van der Waals surface area contributed by atoms with Crippen molar-refractivity contribution in [3.8, 4) is 0 Å². The molecule has 2 N–H and O–H groups in total. The minimum atomic E-state index is -0.457. The van der Waals surface area contributed by atoms with Gasteiger partial charge in [0.1, 0.15) is 5.01 Å². The Morgan fingerprint density at radius 3 is 2.74 bits per heavy atom. The van der Waals surface area contributed by atoms with Gasteiger partial charge in [-0.15, -0.1) is 11.3 Å². The van der Waals surface area contributed by atoms with E-state index in [2.05, 4.69) is 15.6 Å². The summed E-state index contributed by atoms with van der Waals surface area (Å²) in [6.45, 7) is 6.75. The van der Waals surface area contributed by atoms with Crippen molar-refractivity contribution in [3.05, 3.63) is 52.5 Å². The molecule has 0 unspecified atom stereocenters. The normalized spacial score (nSPS) is 12.7. The van der Waals surface area contributed by atoms with Crippen molar-refractivity contribution in [1.29, 1.82) is 0 Å². The fourth-order valence-corrected chi connectivity index (χ4v) is 2.73. The third-order valence-electron chi connectivity index (χ3n) is 3.20. The minimum Gasteiger partial charge on any atom is -0.374 e. The van der Waals surface area contributed by atoms with Crippen LogP contribution in [-0.4, -0.2) is 23.2 Å². The minimum absolute atomic E-state index is 0.115. The third-order valence-corrected chi connectivity index (χ3v) is 4.15. The molecule has 23 heavy (non-hydrogen) atoms. The summed E-state index contributed by atoms with van der Waals surface area (Å²) in [5.41, 5.74) is 0.659. The van der Waals surface area contributed by atoms with E-state index in [0.717, 1.165) is 10.6 Å². The molecule has 124 valence electrons. The molecule has 2 amide bonds. The quantitative estimate of drug-likeness (QED) is 0.815. The summed E-state index contributed by atoms with van der Waals surface area (Å²) in [6.07, 6.45) is 1.73. The highest BCUT2D eigenvalue weighted by Crippen LogP contribution is 2.14. The summed E-state index contributed by atoms with van der Waals surface area (Å²) in [5.74, 6) is 0. The molecule has 6 heteroatoms. The zero-order valence-corrected chi connectivity index (χ0v) is 14.5. The van der Waals surface area contributed by atoms with E-state index in [9.17, 15) is 4.79 Å². The molecule has 0 saturated heterocycles. The molecule has 1 atom stereocenters. The highest BCUT2D eigenvalue weighted by molar-refractivity contribution is 7.09. The lowest BCUT2D eigenvalue weighted by Gasteiger charge is -2.27. The van der Waals surface area contributed by atoms with E-state index in [-0.39, 0.29) is 12.1 Å². The standard InChI is InChI=1S/C17H23N3O2S/c1-13(15-18-9-10-23-15)19-16(21)20-17(2,3)12-22-11-14-7-5-4-6-8-14/h4-10,13H,11-12H2,1-3H3,(H2,19,20,21)/t13-/m0/s1. The maximum atomic E-state index is 12.1. The van der Waals surface area contributed by atoms with Crippen LogP contribution in [0.3, 0.4) is 0 Å². The fourth-order valence-electron chi connectivity index (χ4n) is 2.08. The first kappa shape index (κ1) is 17.4. The molecule has 0 radical (unpaired) electrons. The van der Waals surface area contributed by atoms with Crippen molar-refractivity contribution in [2.75, 3.05) is 6.61 Å². The van der Waals surface area contributed by atoms with Gasteiger partial charge in [0.15, 0.2) is 0 Å². The first-order chi connectivity index (χ1) is 11.0. The number of urea groups is 1. The monoisotopic (exact) mass is 333 g/mol. The molecule has 1 aromatic heterocycles. The number of ether oxygens (including phenoxy) is 1. The molecule has 1 heterocycles. The Morgan fingerprint density at radius 2 is 2.09 bits per heavy atom. The van der Waals surface area contributed by atoms with Crippen LogP contribution in [-0.2, 0) is 11.3 Å². The van der Waals surface area contributed by atoms with Gasteiger partial charge < -0.3 is 15.4 Å². The fraction of sp³-hybridized carbons (Fsp3) is 0.412. The second-order valence-corrected chi connectivity index (χ2v) is 6.98. The Kier molecular flexibility index (Phi) is 6.12. The van der Waals surface area contributed by atoms with Gasteiger partial charge in [-0.3, -0.25) is 0 Å². The van der Waals surface area contributed by atoms with E-state index in [4.69, 9.17) is 4.74 Å². The van der Waals surface area contributed by atoms with Crippen LogP contribution >= 0.6 is 11.3 Å². The molecule has 0 spiro atoms. The number of nitrogens with one attached hydrogen (secondary N) is 2. The molecule has 1 aromatic carbocycles. The molecule has 0 aliphatic heterocycles. The van der Waals surface area contributed by atoms with Gasteiger partial charge in [0.2, 0.25) is 0 Å². The van der Waals surface area contributed by atoms with Gasteiger partial charge in [0.25, 0.3) is 0 Å². The summed E-state index contributed by atoms with van der Waals surface area (Å²) < 4.78 is 5.71. The average Bonchev–Trinajstić information content (AvgIpc) is 3.01. The number of rotatable bonds is 7. The first-order valence-electron chi connectivity index (χ1n) is 7.56. The van der Waals surface area contributed by atoms with E-state index in [1.54, 1.807) is 6.20 Å². The largest absolute Gasteiger partial charge is 0.374 e. The second-order valence-electron chi connectivity index (χ2n) is 6.05. The number of carbonyl (C=O) groups is 1. The van der Waals surface area contributed by atoms with Crippen LogP contribution < -0.4 is 10.6 Å². The maximum Gasteiger partial charge on any atom is 0.315 e. The number of carbonyl (C=O) groups excluding carboxylic acids is 1. The summed E-state index contributed by atoms with van der Waals surface area (Å²) in [6, 6.07) is 9.64. The van der Waals surface area contributed by atoms with Crippen molar-refractivity contribution in [3.63, 3.8) is 0 Å². The highest BCUT2D eigenvalue weighted by atomic mass is 32.1. The molecule has 2 aromatic rings. The molecular formula is C17H23N3O2S. The Hall–Kier alpha value is -1.92. The van der Waals surface area contributed by atoms with Crippen LogP contribution in [0.5, 0.6) is 0 Å². The Morgan fingerprint density at radius 1 is 1.35 bits per heavy atom. The number of nitrogens with zero attached hydrogens (tertiary/aromatic N) is 1. The number of thiazole rings is 1. The number of aromatic nitrogens is 1. The predicted molar refractivity (Wildman–Crippen MR) is 92.4 cm³/mol. The summed E-state index contributed by atoms with van der Waals surface area (Å²) in [5, 5.41) is 8.61. The van der Waals surface area contributed by atoms with E-state index < -0.39 is 5.54 Å². The van der Waals surface area contributed by atoms with Gasteiger partial charge in [-0.05, 0) is 26.3 Å². The Labute approximate surface area is 141 Å². The topological polar surface area (TPSA) is 63.2 Å². The molecule has 0 fully saturated rings. The van der Waals surface area contributed by atoms with E-state index >= 15 is 0 Å². The lowest BCUT2D eigenvalue weighted by atomic mass is 10.1. The smallest absolute Gasteiger partial charge is 0.315 e. The van der Waals surface area contributed by atoms with E-state index in [0.29, 0.717) is 13.2 Å². The summed E-state index contributed by atoms with van der Waals surface area (Å²) >= 11 is 1.52. The zero-order chi connectivity index (χ0) is 16.7. The van der Waals surface area contributed by atoms with Crippen LogP contribution in [0.1, 0.15) is 37.4 Å². The maximum absolute atomic E-state index is 12.1. The Balaban J connectivity index is 1.75. The van der Waals surface area contributed by atoms with Crippen LogP contribution in [0.25, 0.3) is 0 Å².